The molecule has 1 atom stereocenters. The van der Waals surface area contributed by atoms with Gasteiger partial charge >= 0.3 is 0 Å². The Kier molecular flexibility index (Phi) is 4.27. The summed E-state index contributed by atoms with van der Waals surface area (Å²) < 4.78 is 0. The van der Waals surface area contributed by atoms with Crippen molar-refractivity contribution in [1.82, 2.24) is 9.80 Å². The molecule has 18 heavy (non-hydrogen) atoms. The van der Waals surface area contributed by atoms with Crippen molar-refractivity contribution in [2.75, 3.05) is 31.9 Å². The van der Waals surface area contributed by atoms with Gasteiger partial charge in [-0.1, -0.05) is 27.7 Å². The van der Waals surface area contributed by atoms with Crippen LogP contribution in [0.3, 0.4) is 0 Å². The van der Waals surface area contributed by atoms with Crippen LogP contribution in [0.5, 0.6) is 0 Å². The molecule has 2 aliphatic heterocycles. The maximum absolute atomic E-state index is 12.1. The quantitative estimate of drug-likeness (QED) is 0.786. The van der Waals surface area contributed by atoms with Crippen LogP contribution in [-0.4, -0.2) is 52.5 Å². The first-order valence-corrected chi connectivity index (χ1v) is 8.11. The van der Waals surface area contributed by atoms with Crippen molar-refractivity contribution in [2.45, 2.75) is 39.0 Å². The van der Waals surface area contributed by atoms with E-state index in [0.29, 0.717) is 11.8 Å². The van der Waals surface area contributed by atoms with Crippen molar-refractivity contribution in [2.24, 2.45) is 11.8 Å². The molecule has 0 aromatic carbocycles. The smallest absolute Gasteiger partial charge is 0.225 e. The molecule has 2 heterocycles. The summed E-state index contributed by atoms with van der Waals surface area (Å²) in [5, 5.41) is 0. The molecule has 1 unspecified atom stereocenters. The van der Waals surface area contributed by atoms with E-state index in [1.807, 2.05) is 13.8 Å². The molecule has 1 spiro atoms. The Labute approximate surface area is 115 Å². The summed E-state index contributed by atoms with van der Waals surface area (Å²) in [5.74, 6) is 2.38. The molecule has 2 saturated heterocycles. The van der Waals surface area contributed by atoms with E-state index in [1.165, 1.54) is 12.3 Å². The van der Waals surface area contributed by atoms with Crippen LogP contribution in [0.1, 0.15) is 34.1 Å². The third kappa shape index (κ3) is 2.69. The number of hydrogen-bond donors (Lipinski definition) is 0. The fraction of sp³-hybridized carbons (Fsp3) is 0.929. The molecule has 0 aromatic heterocycles. The summed E-state index contributed by atoms with van der Waals surface area (Å²) in [4.78, 5) is 17.0. The first-order valence-electron chi connectivity index (χ1n) is 7.12. The maximum Gasteiger partial charge on any atom is 0.225 e. The van der Waals surface area contributed by atoms with E-state index >= 15 is 0 Å². The number of carbonyl (C=O) groups excluding carboxylic acids is 1. The number of carbonyl (C=O) groups is 1. The van der Waals surface area contributed by atoms with Gasteiger partial charge in [-0.05, 0) is 12.3 Å². The SMILES string of the molecule is CC(C)CN1CCSC12CCN(C(=O)C(C)C)C2. The number of amides is 1. The molecule has 0 aromatic rings. The second-order valence-electron chi connectivity index (χ2n) is 6.30. The highest BCUT2D eigenvalue weighted by Gasteiger charge is 2.47. The first-order chi connectivity index (χ1) is 8.44. The Morgan fingerprint density at radius 1 is 1.28 bits per heavy atom. The van der Waals surface area contributed by atoms with E-state index in [9.17, 15) is 4.79 Å². The standard InChI is InChI=1S/C14H26N2OS/c1-11(2)9-16-7-8-18-14(16)5-6-15(10-14)13(17)12(3)4/h11-12H,5-10H2,1-4H3. The zero-order valence-corrected chi connectivity index (χ0v) is 12.9. The highest BCUT2D eigenvalue weighted by atomic mass is 32.2. The van der Waals surface area contributed by atoms with Gasteiger partial charge in [-0.2, -0.15) is 0 Å². The largest absolute Gasteiger partial charge is 0.340 e. The molecule has 2 aliphatic rings. The van der Waals surface area contributed by atoms with Crippen LogP contribution in [0.4, 0.5) is 0 Å². The Balaban J connectivity index is 2.03. The van der Waals surface area contributed by atoms with Crippen molar-refractivity contribution in [1.29, 1.82) is 0 Å². The molecule has 1 amide bonds. The molecule has 104 valence electrons. The van der Waals surface area contributed by atoms with Crippen LogP contribution >= 0.6 is 11.8 Å². The van der Waals surface area contributed by atoms with Gasteiger partial charge in [0.1, 0.15) is 0 Å². The Morgan fingerprint density at radius 3 is 2.61 bits per heavy atom. The third-order valence-electron chi connectivity index (χ3n) is 3.91. The highest BCUT2D eigenvalue weighted by Crippen LogP contribution is 2.43. The first kappa shape index (κ1) is 14.2. The average Bonchev–Trinajstić information content (AvgIpc) is 2.87. The number of hydrogen-bond acceptors (Lipinski definition) is 3. The molecule has 0 bridgehead atoms. The number of nitrogens with zero attached hydrogens (tertiary/aromatic N) is 2. The molecule has 2 rings (SSSR count). The number of likely N-dealkylation sites (tertiary alicyclic amines) is 1. The van der Waals surface area contributed by atoms with Crippen LogP contribution in [-0.2, 0) is 4.79 Å². The van der Waals surface area contributed by atoms with Crippen LogP contribution in [0.25, 0.3) is 0 Å². The summed E-state index contributed by atoms with van der Waals surface area (Å²) in [7, 11) is 0. The van der Waals surface area contributed by atoms with Crippen LogP contribution in [0.2, 0.25) is 0 Å². The van der Waals surface area contributed by atoms with Gasteiger partial charge in [-0.15, -0.1) is 11.8 Å². The van der Waals surface area contributed by atoms with Gasteiger partial charge in [0.2, 0.25) is 5.91 Å². The number of rotatable bonds is 3. The summed E-state index contributed by atoms with van der Waals surface area (Å²) in [5.41, 5.74) is 0. The van der Waals surface area contributed by atoms with Crippen LogP contribution in [0, 0.1) is 11.8 Å². The molecule has 2 fully saturated rings. The highest BCUT2D eigenvalue weighted by molar-refractivity contribution is 8.00. The van der Waals surface area contributed by atoms with E-state index < -0.39 is 0 Å². The molecule has 0 N–H and O–H groups in total. The fourth-order valence-electron chi connectivity index (χ4n) is 3.03. The van der Waals surface area contributed by atoms with Crippen molar-refractivity contribution in [3.63, 3.8) is 0 Å². The Bertz CT molecular complexity index is 319. The molecule has 0 aliphatic carbocycles. The lowest BCUT2D eigenvalue weighted by Crippen LogP contribution is -2.46. The van der Waals surface area contributed by atoms with Crippen LogP contribution in [0.15, 0.2) is 0 Å². The monoisotopic (exact) mass is 270 g/mol. The minimum absolute atomic E-state index is 0.130. The normalized spacial score (nSPS) is 29.1. The van der Waals surface area contributed by atoms with E-state index in [0.717, 1.165) is 26.1 Å². The zero-order valence-electron chi connectivity index (χ0n) is 12.1. The van der Waals surface area contributed by atoms with Gasteiger partial charge in [0.25, 0.3) is 0 Å². The van der Waals surface area contributed by atoms with Gasteiger partial charge in [0.15, 0.2) is 0 Å². The van der Waals surface area contributed by atoms with Gasteiger partial charge in [0.05, 0.1) is 4.87 Å². The Hall–Kier alpha value is -0.220. The molecule has 3 nitrogen and oxygen atoms in total. The van der Waals surface area contributed by atoms with E-state index in [-0.39, 0.29) is 10.8 Å². The van der Waals surface area contributed by atoms with Gasteiger partial charge in [-0.3, -0.25) is 9.69 Å². The average molecular weight is 270 g/mol. The van der Waals surface area contributed by atoms with Crippen molar-refractivity contribution in [3.8, 4) is 0 Å². The minimum Gasteiger partial charge on any atom is -0.340 e. The second-order valence-corrected chi connectivity index (χ2v) is 7.76. The summed E-state index contributed by atoms with van der Waals surface area (Å²) in [6, 6.07) is 0. The van der Waals surface area contributed by atoms with Crippen molar-refractivity contribution >= 4 is 17.7 Å². The predicted molar refractivity (Wildman–Crippen MR) is 77.6 cm³/mol. The topological polar surface area (TPSA) is 23.6 Å². The van der Waals surface area contributed by atoms with E-state index in [4.69, 9.17) is 0 Å². The second kappa shape index (κ2) is 5.41. The number of thioether (sulfide) groups is 1. The van der Waals surface area contributed by atoms with Crippen molar-refractivity contribution < 1.29 is 4.79 Å². The molecule has 0 saturated carbocycles. The van der Waals surface area contributed by atoms with E-state index in [2.05, 4.69) is 35.4 Å². The molecule has 4 heteroatoms. The van der Waals surface area contributed by atoms with Gasteiger partial charge in [-0.25, -0.2) is 0 Å². The van der Waals surface area contributed by atoms with Gasteiger partial charge < -0.3 is 4.90 Å². The Morgan fingerprint density at radius 2 is 2.00 bits per heavy atom. The molecule has 0 radical (unpaired) electrons. The maximum atomic E-state index is 12.1. The summed E-state index contributed by atoms with van der Waals surface area (Å²) in [6.45, 7) is 12.8. The lowest BCUT2D eigenvalue weighted by molar-refractivity contribution is -0.133. The van der Waals surface area contributed by atoms with E-state index in [1.54, 1.807) is 0 Å². The lowest BCUT2D eigenvalue weighted by Gasteiger charge is -2.35. The molecular formula is C14H26N2OS. The minimum atomic E-state index is 0.130. The zero-order chi connectivity index (χ0) is 13.3. The third-order valence-corrected chi connectivity index (χ3v) is 5.43. The fourth-order valence-corrected chi connectivity index (χ4v) is 4.56. The molecular weight excluding hydrogens is 244 g/mol. The summed E-state index contributed by atoms with van der Waals surface area (Å²) in [6.07, 6.45) is 1.14. The van der Waals surface area contributed by atoms with Crippen LogP contribution < -0.4 is 0 Å². The lowest BCUT2D eigenvalue weighted by atomic mass is 10.1. The van der Waals surface area contributed by atoms with Gasteiger partial charge in [0, 0.05) is 37.8 Å². The predicted octanol–water partition coefficient (Wildman–Crippen LogP) is 2.28. The van der Waals surface area contributed by atoms with Crippen molar-refractivity contribution in [3.05, 3.63) is 0 Å². The summed E-state index contributed by atoms with van der Waals surface area (Å²) >= 11 is 2.07.